The van der Waals surface area contributed by atoms with Gasteiger partial charge in [0, 0.05) is 10.9 Å². The molecule has 3 aromatic rings. The quantitative estimate of drug-likeness (QED) is 0.565. The topological polar surface area (TPSA) is 78.8 Å². The van der Waals surface area contributed by atoms with Gasteiger partial charge >= 0.3 is 0 Å². The molecule has 122 valence electrons. The number of sulfonamides is 1. The number of aromatic hydroxyl groups is 1. The molecule has 3 aromatic carbocycles. The second-order valence-electron chi connectivity index (χ2n) is 5.29. The van der Waals surface area contributed by atoms with E-state index in [9.17, 15) is 13.5 Å². The SMILES string of the molecule is CC(=NNS(=O)(=O)c1ccccc1)c1ccc2ccccc2c1O. The van der Waals surface area contributed by atoms with E-state index in [0.717, 1.165) is 5.39 Å². The monoisotopic (exact) mass is 340 g/mol. The van der Waals surface area contributed by atoms with Gasteiger partial charge in [-0.2, -0.15) is 18.4 Å². The first-order valence-corrected chi connectivity index (χ1v) is 8.79. The first-order valence-electron chi connectivity index (χ1n) is 7.31. The third kappa shape index (κ3) is 3.09. The number of fused-ring (bicyclic) bond motifs is 1. The van der Waals surface area contributed by atoms with Crippen molar-refractivity contribution in [2.24, 2.45) is 5.10 Å². The normalized spacial score (nSPS) is 12.3. The van der Waals surface area contributed by atoms with E-state index in [1.54, 1.807) is 37.3 Å². The van der Waals surface area contributed by atoms with Crippen LogP contribution in [0.4, 0.5) is 0 Å². The lowest BCUT2D eigenvalue weighted by Gasteiger charge is -2.09. The van der Waals surface area contributed by atoms with Crippen LogP contribution in [-0.4, -0.2) is 19.2 Å². The van der Waals surface area contributed by atoms with E-state index in [-0.39, 0.29) is 10.6 Å². The summed E-state index contributed by atoms with van der Waals surface area (Å²) in [6.07, 6.45) is 0. The van der Waals surface area contributed by atoms with Gasteiger partial charge in [0.15, 0.2) is 0 Å². The molecule has 0 aliphatic heterocycles. The highest BCUT2D eigenvalue weighted by atomic mass is 32.2. The van der Waals surface area contributed by atoms with E-state index < -0.39 is 10.0 Å². The van der Waals surface area contributed by atoms with E-state index in [0.29, 0.717) is 16.7 Å². The van der Waals surface area contributed by atoms with Gasteiger partial charge in [0.05, 0.1) is 10.6 Å². The van der Waals surface area contributed by atoms with Gasteiger partial charge in [-0.25, -0.2) is 0 Å². The molecule has 0 heterocycles. The van der Waals surface area contributed by atoms with Crippen LogP contribution in [0.1, 0.15) is 12.5 Å². The van der Waals surface area contributed by atoms with Crippen LogP contribution in [0.3, 0.4) is 0 Å². The molecular weight excluding hydrogens is 324 g/mol. The van der Waals surface area contributed by atoms with Crippen molar-refractivity contribution in [3.05, 3.63) is 72.3 Å². The maximum atomic E-state index is 12.2. The number of nitrogens with one attached hydrogen (secondary N) is 1. The van der Waals surface area contributed by atoms with Crippen molar-refractivity contribution in [3.8, 4) is 5.75 Å². The fourth-order valence-electron chi connectivity index (χ4n) is 2.39. The van der Waals surface area contributed by atoms with Crippen LogP contribution in [0.25, 0.3) is 10.8 Å². The second kappa shape index (κ2) is 6.33. The number of benzene rings is 3. The largest absolute Gasteiger partial charge is 0.507 e. The van der Waals surface area contributed by atoms with Crippen LogP contribution in [0.5, 0.6) is 5.75 Å². The lowest BCUT2D eigenvalue weighted by atomic mass is 10.0. The molecule has 0 atom stereocenters. The zero-order valence-electron chi connectivity index (χ0n) is 13.0. The van der Waals surface area contributed by atoms with Crippen LogP contribution < -0.4 is 4.83 Å². The number of hydrogen-bond acceptors (Lipinski definition) is 4. The molecule has 0 saturated heterocycles. The van der Waals surface area contributed by atoms with Gasteiger partial charge in [-0.1, -0.05) is 48.5 Å². The predicted molar refractivity (Wildman–Crippen MR) is 94.6 cm³/mol. The Labute approximate surface area is 140 Å². The van der Waals surface area contributed by atoms with Gasteiger partial charge in [-0.05, 0) is 30.5 Å². The average Bonchev–Trinajstić information content (AvgIpc) is 2.61. The Morgan fingerprint density at radius 1 is 0.958 bits per heavy atom. The minimum atomic E-state index is -3.74. The first-order chi connectivity index (χ1) is 11.5. The van der Waals surface area contributed by atoms with Crippen molar-refractivity contribution in [2.45, 2.75) is 11.8 Å². The van der Waals surface area contributed by atoms with Crippen molar-refractivity contribution in [2.75, 3.05) is 0 Å². The van der Waals surface area contributed by atoms with Gasteiger partial charge in [0.2, 0.25) is 0 Å². The summed E-state index contributed by atoms with van der Waals surface area (Å²) in [5.41, 5.74) is 0.849. The van der Waals surface area contributed by atoms with Crippen LogP contribution in [0, 0.1) is 0 Å². The van der Waals surface area contributed by atoms with Crippen molar-refractivity contribution < 1.29 is 13.5 Å². The molecule has 0 unspecified atom stereocenters. The summed E-state index contributed by atoms with van der Waals surface area (Å²) in [7, 11) is -3.74. The number of hydrazone groups is 1. The fraction of sp³-hybridized carbons (Fsp3) is 0.0556. The smallest absolute Gasteiger partial charge is 0.276 e. The molecule has 0 saturated carbocycles. The van der Waals surface area contributed by atoms with Crippen LogP contribution in [0.15, 0.2) is 76.7 Å². The Bertz CT molecular complexity index is 1010. The van der Waals surface area contributed by atoms with E-state index >= 15 is 0 Å². The van der Waals surface area contributed by atoms with E-state index in [1.807, 2.05) is 24.3 Å². The molecule has 0 aliphatic rings. The third-order valence-electron chi connectivity index (χ3n) is 3.68. The summed E-state index contributed by atoms with van der Waals surface area (Å²) >= 11 is 0. The molecule has 5 nitrogen and oxygen atoms in total. The van der Waals surface area contributed by atoms with E-state index in [4.69, 9.17) is 0 Å². The zero-order valence-corrected chi connectivity index (χ0v) is 13.8. The molecule has 24 heavy (non-hydrogen) atoms. The lowest BCUT2D eigenvalue weighted by molar-refractivity contribution is 0.480. The highest BCUT2D eigenvalue weighted by molar-refractivity contribution is 7.89. The Morgan fingerprint density at radius 2 is 1.62 bits per heavy atom. The number of phenolic OH excluding ortho intramolecular Hbond substituents is 1. The van der Waals surface area contributed by atoms with Gasteiger partial charge in [-0.15, -0.1) is 0 Å². The van der Waals surface area contributed by atoms with Crippen LogP contribution in [-0.2, 0) is 10.0 Å². The molecule has 6 heteroatoms. The Morgan fingerprint density at radius 3 is 2.38 bits per heavy atom. The number of rotatable bonds is 4. The van der Waals surface area contributed by atoms with E-state index in [1.165, 1.54) is 12.1 Å². The van der Waals surface area contributed by atoms with Gasteiger partial charge in [0.1, 0.15) is 5.75 Å². The zero-order chi connectivity index (χ0) is 17.2. The Hall–Kier alpha value is -2.86. The summed E-state index contributed by atoms with van der Waals surface area (Å²) in [4.78, 5) is 2.33. The summed E-state index contributed by atoms with van der Waals surface area (Å²) < 4.78 is 24.4. The summed E-state index contributed by atoms with van der Waals surface area (Å²) in [6.45, 7) is 1.64. The average molecular weight is 340 g/mol. The summed E-state index contributed by atoms with van der Waals surface area (Å²) in [5, 5.41) is 15.9. The molecular formula is C18H16N2O3S. The maximum absolute atomic E-state index is 12.2. The first kappa shape index (κ1) is 16.0. The van der Waals surface area contributed by atoms with Crippen molar-refractivity contribution >= 4 is 26.5 Å². The van der Waals surface area contributed by atoms with Crippen molar-refractivity contribution in [1.82, 2.24) is 4.83 Å². The number of phenols is 1. The molecule has 0 aromatic heterocycles. The van der Waals surface area contributed by atoms with Crippen molar-refractivity contribution in [3.63, 3.8) is 0 Å². The molecule has 0 bridgehead atoms. The summed E-state index contributed by atoms with van der Waals surface area (Å²) in [5.74, 6) is 0.0771. The minimum absolute atomic E-state index is 0.0771. The lowest BCUT2D eigenvalue weighted by Crippen LogP contribution is -2.19. The number of hydrogen-bond donors (Lipinski definition) is 2. The van der Waals surface area contributed by atoms with E-state index in [2.05, 4.69) is 9.93 Å². The molecule has 0 aliphatic carbocycles. The van der Waals surface area contributed by atoms with Crippen LogP contribution >= 0.6 is 0 Å². The molecule has 0 radical (unpaired) electrons. The Balaban J connectivity index is 1.93. The molecule has 3 rings (SSSR count). The molecule has 2 N–H and O–H groups in total. The molecule has 0 amide bonds. The second-order valence-corrected chi connectivity index (χ2v) is 6.95. The minimum Gasteiger partial charge on any atom is -0.507 e. The van der Waals surface area contributed by atoms with Gasteiger partial charge in [-0.3, -0.25) is 0 Å². The van der Waals surface area contributed by atoms with Crippen molar-refractivity contribution in [1.29, 1.82) is 0 Å². The standard InChI is InChI=1S/C18H16N2O3S/c1-13(19-20-24(22,23)15-8-3-2-4-9-15)16-12-11-14-7-5-6-10-17(14)18(16)21/h2-12,20-21H,1H3. The third-order valence-corrected chi connectivity index (χ3v) is 4.90. The predicted octanol–water partition coefficient (Wildman–Crippen LogP) is 3.25. The highest BCUT2D eigenvalue weighted by Crippen LogP contribution is 2.28. The van der Waals surface area contributed by atoms with Gasteiger partial charge in [0.25, 0.3) is 10.0 Å². The maximum Gasteiger partial charge on any atom is 0.276 e. The highest BCUT2D eigenvalue weighted by Gasteiger charge is 2.13. The fourth-order valence-corrected chi connectivity index (χ4v) is 3.27. The Kier molecular flexibility index (Phi) is 4.22. The number of nitrogens with zero attached hydrogens (tertiary/aromatic N) is 1. The van der Waals surface area contributed by atoms with Gasteiger partial charge < -0.3 is 5.11 Å². The molecule has 0 spiro atoms. The van der Waals surface area contributed by atoms with Crippen LogP contribution in [0.2, 0.25) is 0 Å². The molecule has 0 fully saturated rings. The summed E-state index contributed by atoms with van der Waals surface area (Å²) in [6, 6.07) is 19.0.